The average Bonchev–Trinajstić information content (AvgIpc) is 1.49. The molecule has 2 heteroatoms. The van der Waals surface area contributed by atoms with Crippen LogP contribution in [0.2, 0.25) is 0 Å². The summed E-state index contributed by atoms with van der Waals surface area (Å²) in [5.41, 5.74) is 24.8. The molecule has 2 aliphatic carbocycles. The first-order valence-electron chi connectivity index (χ1n) is 39.5. The second-order valence-corrected chi connectivity index (χ2v) is 28.7. The lowest BCUT2D eigenvalue weighted by atomic mass is 9.67. The van der Waals surface area contributed by atoms with Crippen LogP contribution in [0, 0.1) is 0 Å². The molecule has 0 N–H and O–H groups in total. The van der Waals surface area contributed by atoms with E-state index < -0.39 is 16.9 Å². The molecule has 0 fully saturated rings. The maximum absolute atomic E-state index is 8.89. The first-order chi connectivity index (χ1) is 55.7. The van der Waals surface area contributed by atoms with Gasteiger partial charge in [0.15, 0.2) is 0 Å². The highest BCUT2D eigenvalue weighted by atomic mass is 16.3. The molecule has 0 radical (unpaired) electrons. The quantitative estimate of drug-likeness (QED) is 0.128. The van der Waals surface area contributed by atoms with E-state index in [2.05, 4.69) is 334 Å². The Bertz CT molecular complexity index is 7300. The van der Waals surface area contributed by atoms with Gasteiger partial charge in [-0.15, -0.1) is 0 Å². The van der Waals surface area contributed by atoms with Crippen molar-refractivity contribution in [2.45, 2.75) is 10.8 Å². The third-order valence-corrected chi connectivity index (χ3v) is 23.3. The summed E-state index contributed by atoms with van der Waals surface area (Å²) < 4.78 is 56.3. The van der Waals surface area contributed by atoms with Crippen LogP contribution in [0.15, 0.2) is 409 Å². The van der Waals surface area contributed by atoms with E-state index in [1.807, 2.05) is 36.4 Å². The van der Waals surface area contributed by atoms with Crippen LogP contribution in [-0.4, -0.2) is 0 Å². The van der Waals surface area contributed by atoms with Crippen LogP contribution in [0.25, 0.3) is 165 Å². The van der Waals surface area contributed by atoms with Gasteiger partial charge < -0.3 is 8.83 Å². The molecule has 0 spiro atoms. The number of benzene rings is 19. The van der Waals surface area contributed by atoms with E-state index in [9.17, 15) is 0 Å². The Hall–Kier alpha value is -13.9. The molecule has 2 aliphatic rings. The molecule has 19 aromatic carbocycles. The van der Waals surface area contributed by atoms with E-state index in [4.69, 9.17) is 15.7 Å². The Morgan fingerprint density at radius 3 is 0.944 bits per heavy atom. The lowest BCUT2D eigenvalue weighted by Crippen LogP contribution is -2.28. The average molecular weight is 1380 g/mol. The Balaban J connectivity index is 0.000000138. The topological polar surface area (TPSA) is 26.3 Å². The number of hydrogen-bond acceptors (Lipinski definition) is 2. The van der Waals surface area contributed by atoms with Gasteiger partial charge >= 0.3 is 0 Å². The van der Waals surface area contributed by atoms with Gasteiger partial charge in [0.25, 0.3) is 0 Å². The van der Waals surface area contributed by atoms with E-state index in [-0.39, 0.29) is 29.7 Å². The van der Waals surface area contributed by atoms with Crippen LogP contribution < -0.4 is 0 Å². The van der Waals surface area contributed by atoms with Gasteiger partial charge in [-0.05, 0) is 202 Å². The van der Waals surface area contributed by atoms with Crippen molar-refractivity contribution < 1.29 is 15.7 Å². The maximum Gasteiger partial charge on any atom is 0.136 e. The molecule has 108 heavy (non-hydrogen) atoms. The second kappa shape index (κ2) is 24.3. The highest BCUT2D eigenvalue weighted by Crippen LogP contribution is 2.60. The molecule has 2 nitrogen and oxygen atoms in total. The summed E-state index contributed by atoms with van der Waals surface area (Å²) in [6.45, 7) is 0. The van der Waals surface area contributed by atoms with Crippen LogP contribution in [0.1, 0.15) is 51.4 Å². The molecule has 0 unspecified atom stereocenters. The molecule has 21 aromatic rings. The monoisotopic (exact) mass is 1380 g/mol. The Morgan fingerprint density at radius 1 is 0.194 bits per heavy atom. The smallest absolute Gasteiger partial charge is 0.136 e. The molecule has 2 heterocycles. The lowest BCUT2D eigenvalue weighted by molar-refractivity contribution is 0.663. The van der Waals surface area contributed by atoms with Crippen molar-refractivity contribution in [3.63, 3.8) is 0 Å². The van der Waals surface area contributed by atoms with Crippen LogP contribution in [0.3, 0.4) is 0 Å². The van der Waals surface area contributed by atoms with E-state index >= 15 is 0 Å². The minimum absolute atomic E-state index is 0.207. The van der Waals surface area contributed by atoms with Crippen molar-refractivity contribution in [1.29, 1.82) is 0 Å². The summed E-state index contributed by atoms with van der Waals surface area (Å²) in [4.78, 5) is 0. The highest BCUT2D eigenvalue weighted by Gasteiger charge is 2.48. The number of hydrogen-bond donors (Lipinski definition) is 0. The molecule has 0 saturated heterocycles. The molecule has 0 aliphatic heterocycles. The highest BCUT2D eigenvalue weighted by molar-refractivity contribution is 6.26. The first kappa shape index (κ1) is 56.5. The van der Waals surface area contributed by atoms with Crippen LogP contribution in [0.5, 0.6) is 0 Å². The molecule has 0 bridgehead atoms. The standard InChI is InChI=1S/C55H34O.C51H32O/c1-4-17-35(18-5-1)51-43-23-10-12-25-45(43)52(46-26-13-11-24-44(46)51)42-30-15-28-40-39(27-14-29-41(40)42)36-33-48-54-50(34-36)56-49-32-16-31-47(53(49)54)55(48,37-19-6-2-7-20-37)38-21-8-3-9-22-38;1-4-15-34(16-5-1)47-39-21-10-12-23-41(39)48(42-24-13-11-22-40(42)47)35-29-27-33(28-30-35)36-31-44-50-46(32-36)52-45-26-14-25-43(49(45)50)51(44,37-17-6-2-7-18-37)38-19-8-3-9-20-38/h1-34H;1-32H/i;1D,4D,5D,15D,16D. The lowest BCUT2D eigenvalue weighted by Gasteiger charge is -2.34. The normalized spacial score (nSPS) is 13.8. The van der Waals surface area contributed by atoms with Gasteiger partial charge in [0.05, 0.1) is 17.7 Å². The van der Waals surface area contributed by atoms with Gasteiger partial charge in [0, 0.05) is 21.5 Å². The summed E-state index contributed by atoms with van der Waals surface area (Å²) in [7, 11) is 0. The summed E-state index contributed by atoms with van der Waals surface area (Å²) in [5.74, 6) is 0. The number of furan rings is 2. The van der Waals surface area contributed by atoms with E-state index in [0.29, 0.717) is 5.56 Å². The third kappa shape index (κ3) is 8.95. The number of fused-ring (bicyclic) bond motifs is 5. The largest absolute Gasteiger partial charge is 0.456 e. The fourth-order valence-electron chi connectivity index (χ4n) is 19.1. The van der Waals surface area contributed by atoms with E-state index in [0.717, 1.165) is 77.1 Å². The van der Waals surface area contributed by atoms with Gasteiger partial charge in [0.1, 0.15) is 22.3 Å². The van der Waals surface area contributed by atoms with Gasteiger partial charge in [0.2, 0.25) is 0 Å². The minimum atomic E-state index is -0.530. The van der Waals surface area contributed by atoms with Crippen molar-refractivity contribution >= 4 is 97.7 Å². The molecule has 0 amide bonds. The van der Waals surface area contributed by atoms with Crippen LogP contribution in [0.4, 0.5) is 0 Å². The molecule has 502 valence electrons. The third-order valence-electron chi connectivity index (χ3n) is 23.3. The zero-order valence-electron chi connectivity index (χ0n) is 63.5. The molecule has 23 rings (SSSR count). The molecular formula is C106H66O2. The van der Waals surface area contributed by atoms with Gasteiger partial charge in [-0.25, -0.2) is 0 Å². The Morgan fingerprint density at radius 2 is 0.509 bits per heavy atom. The van der Waals surface area contributed by atoms with E-state index in [1.54, 1.807) is 0 Å². The maximum atomic E-state index is 8.89. The number of rotatable bonds is 10. The zero-order valence-corrected chi connectivity index (χ0v) is 58.5. The Labute approximate surface area is 632 Å². The molecular weight excluding hydrogens is 1310 g/mol. The first-order valence-corrected chi connectivity index (χ1v) is 37.0. The molecule has 2 aromatic heterocycles. The van der Waals surface area contributed by atoms with Crippen LogP contribution in [-0.2, 0) is 10.8 Å². The Kier molecular flexibility index (Phi) is 12.7. The predicted molar refractivity (Wildman–Crippen MR) is 451 cm³/mol. The van der Waals surface area contributed by atoms with Crippen molar-refractivity contribution in [3.8, 4) is 66.8 Å². The fraction of sp³-hybridized carbons (Fsp3) is 0.0189. The van der Waals surface area contributed by atoms with Gasteiger partial charge in [-0.1, -0.05) is 364 Å². The van der Waals surface area contributed by atoms with Crippen LogP contribution >= 0.6 is 0 Å². The second-order valence-electron chi connectivity index (χ2n) is 28.7. The fourth-order valence-corrected chi connectivity index (χ4v) is 19.1. The summed E-state index contributed by atoms with van der Waals surface area (Å²) in [5, 5.41) is 15.8. The molecule has 0 atom stereocenters. The predicted octanol–water partition coefficient (Wildman–Crippen LogP) is 28.3. The minimum Gasteiger partial charge on any atom is -0.456 e. The zero-order chi connectivity index (χ0) is 75.4. The van der Waals surface area contributed by atoms with Gasteiger partial charge in [-0.2, -0.15) is 0 Å². The summed E-state index contributed by atoms with van der Waals surface area (Å²) in [6, 6.07) is 131. The summed E-state index contributed by atoms with van der Waals surface area (Å²) in [6.07, 6.45) is 0. The summed E-state index contributed by atoms with van der Waals surface area (Å²) >= 11 is 0. The van der Waals surface area contributed by atoms with Crippen molar-refractivity contribution in [1.82, 2.24) is 0 Å². The van der Waals surface area contributed by atoms with Crippen molar-refractivity contribution in [2.24, 2.45) is 0 Å². The van der Waals surface area contributed by atoms with Crippen molar-refractivity contribution in [3.05, 3.63) is 445 Å². The van der Waals surface area contributed by atoms with E-state index in [1.165, 1.54) is 121 Å². The SMILES string of the molecule is [2H]c1c([2H])c([2H])c(-c2c3ccccc3c(-c3ccc(-c4cc5c6c(c4)oc4cccc(c46)C5(c4ccccc4)c4ccccc4)cc3)c3ccccc23)c([2H])c1[2H].c1ccc(-c2c3ccccc3c(-c3cccc4c(-c5cc6c7c(c5)oc5cccc(c57)C6(c5ccccc5)c5ccccc5)cccc34)c3ccccc23)cc1. The van der Waals surface area contributed by atoms with Gasteiger partial charge in [-0.3, -0.25) is 0 Å². The van der Waals surface area contributed by atoms with Crippen molar-refractivity contribution in [2.75, 3.05) is 0 Å². The molecule has 0 saturated carbocycles.